The Labute approximate surface area is 171 Å². The molecule has 0 saturated heterocycles. The van der Waals surface area contributed by atoms with Crippen molar-refractivity contribution in [3.05, 3.63) is 54.4 Å². The van der Waals surface area contributed by atoms with Gasteiger partial charge < -0.3 is 14.8 Å². The lowest BCUT2D eigenvalue weighted by Crippen LogP contribution is -2.41. The van der Waals surface area contributed by atoms with Crippen LogP contribution in [-0.4, -0.2) is 34.4 Å². The fourth-order valence-corrected chi connectivity index (χ4v) is 4.07. The van der Waals surface area contributed by atoms with Gasteiger partial charge in [-0.3, -0.25) is 0 Å². The van der Waals surface area contributed by atoms with Gasteiger partial charge in [0.25, 0.3) is 0 Å². The number of benzene rings is 2. The molecule has 7 heteroatoms. The fraction of sp³-hybridized carbons (Fsp3) is 0.409. The number of tetrazole rings is 1. The molecule has 0 aliphatic heterocycles. The molecule has 1 aromatic heterocycles. The number of nitrogens with zero attached hydrogens (tertiary/aromatic N) is 4. The average Bonchev–Trinajstić information content (AvgIpc) is 3.27. The zero-order valence-electron chi connectivity index (χ0n) is 17.1. The van der Waals surface area contributed by atoms with E-state index in [1.807, 2.05) is 53.2 Å². The molecule has 152 valence electrons. The van der Waals surface area contributed by atoms with E-state index < -0.39 is 0 Å². The van der Waals surface area contributed by atoms with E-state index >= 15 is 0 Å². The van der Waals surface area contributed by atoms with E-state index in [0.29, 0.717) is 5.92 Å². The molecule has 1 fully saturated rings. The number of para-hydroxylation sites is 2. The van der Waals surface area contributed by atoms with Crippen LogP contribution in [0.15, 0.2) is 48.5 Å². The Bertz CT molecular complexity index is 963. The Hall–Kier alpha value is -3.09. The standard InChI is InChI=1S/C22H27N5O2/c1-16-11-13-22(14-12-16,23-19-9-4-5-10-20(19)29-3)21-24-25-26-27(21)17-7-6-8-18(15-17)28-2/h4-10,15-16,23H,11-14H2,1-3H3. The Morgan fingerprint density at radius 3 is 2.59 bits per heavy atom. The molecule has 0 amide bonds. The van der Waals surface area contributed by atoms with Crippen LogP contribution in [0.2, 0.25) is 0 Å². The minimum atomic E-state index is -0.381. The molecule has 1 saturated carbocycles. The Morgan fingerprint density at radius 2 is 1.83 bits per heavy atom. The quantitative estimate of drug-likeness (QED) is 0.677. The molecule has 2 aromatic carbocycles. The first-order valence-corrected chi connectivity index (χ1v) is 10.00. The summed E-state index contributed by atoms with van der Waals surface area (Å²) in [6.07, 6.45) is 4.09. The molecule has 1 N–H and O–H groups in total. The summed E-state index contributed by atoms with van der Waals surface area (Å²) in [4.78, 5) is 0. The largest absolute Gasteiger partial charge is 0.497 e. The van der Waals surface area contributed by atoms with Gasteiger partial charge in [-0.25, -0.2) is 0 Å². The molecule has 0 spiro atoms. The van der Waals surface area contributed by atoms with Gasteiger partial charge in [0.2, 0.25) is 0 Å². The van der Waals surface area contributed by atoms with Crippen LogP contribution in [-0.2, 0) is 5.54 Å². The van der Waals surface area contributed by atoms with E-state index in [1.165, 1.54) is 0 Å². The summed E-state index contributed by atoms with van der Waals surface area (Å²) in [5, 5.41) is 16.6. The second-order valence-corrected chi connectivity index (χ2v) is 7.71. The molecular weight excluding hydrogens is 366 g/mol. The van der Waals surface area contributed by atoms with Gasteiger partial charge in [-0.05, 0) is 66.3 Å². The van der Waals surface area contributed by atoms with E-state index in [1.54, 1.807) is 14.2 Å². The molecule has 0 atom stereocenters. The van der Waals surface area contributed by atoms with Crippen molar-refractivity contribution < 1.29 is 9.47 Å². The normalized spacial score (nSPS) is 21.6. The molecule has 3 aromatic rings. The first kappa shape index (κ1) is 19.2. The highest BCUT2D eigenvalue weighted by molar-refractivity contribution is 5.58. The number of nitrogens with one attached hydrogen (secondary N) is 1. The van der Waals surface area contributed by atoms with Gasteiger partial charge in [0, 0.05) is 6.07 Å². The molecule has 0 unspecified atom stereocenters. The first-order chi connectivity index (χ1) is 14.1. The lowest BCUT2D eigenvalue weighted by atomic mass is 9.76. The Balaban J connectivity index is 1.78. The lowest BCUT2D eigenvalue weighted by molar-refractivity contribution is 0.254. The van der Waals surface area contributed by atoms with Crippen molar-refractivity contribution in [2.24, 2.45) is 5.92 Å². The summed E-state index contributed by atoms with van der Waals surface area (Å²) in [7, 11) is 3.35. The topological polar surface area (TPSA) is 74.1 Å². The molecule has 1 heterocycles. The van der Waals surface area contributed by atoms with Gasteiger partial charge in [-0.15, -0.1) is 5.10 Å². The van der Waals surface area contributed by atoms with Crippen LogP contribution in [0.25, 0.3) is 5.69 Å². The third-order valence-electron chi connectivity index (χ3n) is 5.80. The zero-order valence-corrected chi connectivity index (χ0v) is 17.1. The SMILES string of the molecule is COc1cccc(-n2nnnc2C2(Nc3ccccc3OC)CCC(C)CC2)c1. The predicted molar refractivity (Wildman–Crippen MR) is 112 cm³/mol. The molecule has 1 aliphatic rings. The van der Waals surface area contributed by atoms with Crippen molar-refractivity contribution >= 4 is 5.69 Å². The molecule has 0 bridgehead atoms. The van der Waals surface area contributed by atoms with Crippen LogP contribution in [0, 0.1) is 5.92 Å². The maximum absolute atomic E-state index is 5.58. The van der Waals surface area contributed by atoms with E-state index in [0.717, 1.165) is 54.4 Å². The number of aromatic nitrogens is 4. The average molecular weight is 393 g/mol. The van der Waals surface area contributed by atoms with Gasteiger partial charge in [0.1, 0.15) is 11.5 Å². The summed E-state index contributed by atoms with van der Waals surface area (Å²) in [6, 6.07) is 15.8. The maximum atomic E-state index is 5.58. The molecule has 29 heavy (non-hydrogen) atoms. The van der Waals surface area contributed by atoms with E-state index in [9.17, 15) is 0 Å². The molecule has 1 aliphatic carbocycles. The number of hydrogen-bond acceptors (Lipinski definition) is 6. The van der Waals surface area contributed by atoms with Crippen LogP contribution >= 0.6 is 0 Å². The van der Waals surface area contributed by atoms with Crippen molar-refractivity contribution in [2.75, 3.05) is 19.5 Å². The molecule has 4 rings (SSSR count). The summed E-state index contributed by atoms with van der Waals surface area (Å²) in [5.74, 6) is 3.08. The number of rotatable bonds is 6. The van der Waals surface area contributed by atoms with Crippen molar-refractivity contribution in [1.82, 2.24) is 20.2 Å². The Kier molecular flexibility index (Phi) is 5.38. The number of ether oxygens (including phenoxy) is 2. The van der Waals surface area contributed by atoms with Crippen LogP contribution in [0.1, 0.15) is 38.4 Å². The van der Waals surface area contributed by atoms with Crippen molar-refractivity contribution in [1.29, 1.82) is 0 Å². The molecule has 7 nitrogen and oxygen atoms in total. The van der Waals surface area contributed by atoms with Gasteiger partial charge >= 0.3 is 0 Å². The summed E-state index contributed by atoms with van der Waals surface area (Å²) in [6.45, 7) is 2.30. The number of methoxy groups -OCH3 is 2. The summed E-state index contributed by atoms with van der Waals surface area (Å²) >= 11 is 0. The minimum Gasteiger partial charge on any atom is -0.497 e. The van der Waals surface area contributed by atoms with E-state index in [2.05, 4.69) is 27.8 Å². The van der Waals surface area contributed by atoms with Crippen LogP contribution in [0.5, 0.6) is 11.5 Å². The maximum Gasteiger partial charge on any atom is 0.181 e. The first-order valence-electron chi connectivity index (χ1n) is 10.00. The van der Waals surface area contributed by atoms with Crippen molar-refractivity contribution in [3.8, 4) is 17.2 Å². The lowest BCUT2D eigenvalue weighted by Gasteiger charge is -2.40. The monoisotopic (exact) mass is 393 g/mol. The van der Waals surface area contributed by atoms with Crippen LogP contribution in [0.3, 0.4) is 0 Å². The second-order valence-electron chi connectivity index (χ2n) is 7.71. The van der Waals surface area contributed by atoms with Crippen molar-refractivity contribution in [2.45, 2.75) is 38.1 Å². The smallest absolute Gasteiger partial charge is 0.181 e. The van der Waals surface area contributed by atoms with Gasteiger partial charge in [-0.2, -0.15) is 4.68 Å². The highest BCUT2D eigenvalue weighted by Crippen LogP contribution is 2.43. The summed E-state index contributed by atoms with van der Waals surface area (Å²) < 4.78 is 12.8. The molecule has 0 radical (unpaired) electrons. The summed E-state index contributed by atoms with van der Waals surface area (Å²) in [5.41, 5.74) is 1.45. The van der Waals surface area contributed by atoms with Crippen LogP contribution in [0.4, 0.5) is 5.69 Å². The third kappa shape index (κ3) is 3.77. The second kappa shape index (κ2) is 8.11. The number of anilines is 1. The Morgan fingerprint density at radius 1 is 1.03 bits per heavy atom. The van der Waals surface area contributed by atoms with Crippen LogP contribution < -0.4 is 14.8 Å². The zero-order chi connectivity index (χ0) is 20.3. The van der Waals surface area contributed by atoms with E-state index in [4.69, 9.17) is 9.47 Å². The van der Waals surface area contributed by atoms with E-state index in [-0.39, 0.29) is 5.54 Å². The highest BCUT2D eigenvalue weighted by Gasteiger charge is 2.41. The number of hydrogen-bond donors (Lipinski definition) is 1. The minimum absolute atomic E-state index is 0.381. The molecular formula is C22H27N5O2. The third-order valence-corrected chi connectivity index (χ3v) is 5.80. The predicted octanol–water partition coefficient (Wildman–Crippen LogP) is 4.20. The van der Waals surface area contributed by atoms with Gasteiger partial charge in [0.15, 0.2) is 5.82 Å². The fourth-order valence-electron chi connectivity index (χ4n) is 4.07. The van der Waals surface area contributed by atoms with Gasteiger partial charge in [0.05, 0.1) is 31.1 Å². The highest BCUT2D eigenvalue weighted by atomic mass is 16.5. The van der Waals surface area contributed by atoms with Crippen molar-refractivity contribution in [3.63, 3.8) is 0 Å². The van der Waals surface area contributed by atoms with Gasteiger partial charge in [-0.1, -0.05) is 25.1 Å².